The molecular weight excluding hydrogens is 317 g/mol. The van der Waals surface area contributed by atoms with Crippen molar-refractivity contribution in [1.29, 1.82) is 0 Å². The van der Waals surface area contributed by atoms with Gasteiger partial charge in [-0.2, -0.15) is 0 Å². The van der Waals surface area contributed by atoms with Crippen molar-refractivity contribution in [3.63, 3.8) is 0 Å². The summed E-state index contributed by atoms with van der Waals surface area (Å²) in [5, 5.41) is 3.36. The summed E-state index contributed by atoms with van der Waals surface area (Å²) < 4.78 is 18.4. The van der Waals surface area contributed by atoms with Crippen molar-refractivity contribution >= 4 is 7.37 Å². The molecule has 0 aliphatic carbocycles. The molecule has 0 saturated heterocycles. The number of fused-ring (bicyclic) bond motifs is 1. The molecule has 0 spiro atoms. The van der Waals surface area contributed by atoms with E-state index in [2.05, 4.69) is 37.4 Å². The highest BCUT2D eigenvalue weighted by molar-refractivity contribution is 7.57. The maximum atomic E-state index is 12.7. The van der Waals surface area contributed by atoms with Crippen LogP contribution in [0.3, 0.4) is 0 Å². The first kappa shape index (κ1) is 18.8. The highest BCUT2D eigenvalue weighted by Gasteiger charge is 2.19. The van der Waals surface area contributed by atoms with E-state index in [-0.39, 0.29) is 0 Å². The van der Waals surface area contributed by atoms with Gasteiger partial charge in [0.05, 0.1) is 6.16 Å². The van der Waals surface area contributed by atoms with Crippen LogP contribution in [0.15, 0.2) is 48.5 Å². The van der Waals surface area contributed by atoms with E-state index in [0.717, 1.165) is 25.1 Å². The van der Waals surface area contributed by atoms with Gasteiger partial charge >= 0.3 is 0 Å². The van der Waals surface area contributed by atoms with Crippen molar-refractivity contribution in [2.45, 2.75) is 39.4 Å². The van der Waals surface area contributed by atoms with Crippen LogP contribution < -0.4 is 9.84 Å². The third kappa shape index (κ3) is 5.81. The predicted molar refractivity (Wildman–Crippen MR) is 102 cm³/mol. The number of rotatable bonds is 4. The minimum atomic E-state index is -2.69. The number of hydrogen-bond acceptors (Lipinski definition) is 3. The number of hydrogen-bond donors (Lipinski definition) is 1. The number of nitrogens with one attached hydrogen (secondary N) is 1. The zero-order valence-corrected chi connectivity index (χ0v) is 15.8. The fourth-order valence-electron chi connectivity index (χ4n) is 2.70. The first-order valence-electron chi connectivity index (χ1n) is 8.66. The Hall–Kier alpha value is -1.57. The van der Waals surface area contributed by atoms with Crippen LogP contribution in [0.4, 0.5) is 0 Å². The Morgan fingerprint density at radius 1 is 1.08 bits per heavy atom. The van der Waals surface area contributed by atoms with E-state index in [4.69, 9.17) is 4.52 Å². The van der Waals surface area contributed by atoms with Crippen molar-refractivity contribution in [2.24, 2.45) is 0 Å². The average Bonchev–Trinajstić information content (AvgIpc) is 2.55. The van der Waals surface area contributed by atoms with E-state index in [0.29, 0.717) is 11.9 Å². The molecule has 1 unspecified atom stereocenters. The summed E-state index contributed by atoms with van der Waals surface area (Å²) in [6.45, 7) is 7.90. The first-order valence-corrected chi connectivity index (χ1v) is 10.9. The molecule has 0 aromatic heterocycles. The monoisotopic (exact) mass is 345 g/mol. The summed E-state index contributed by atoms with van der Waals surface area (Å²) in [7, 11) is -2.69. The third-order valence-electron chi connectivity index (χ3n) is 3.67. The van der Waals surface area contributed by atoms with Gasteiger partial charge in [0.2, 0.25) is 7.37 Å². The van der Waals surface area contributed by atoms with Crippen LogP contribution in [-0.2, 0) is 23.7 Å². The second kappa shape index (κ2) is 9.05. The van der Waals surface area contributed by atoms with Crippen LogP contribution in [0, 0.1) is 0 Å². The standard InChI is InChI=1S/C17H20NO2P.C3H8/c1-21(19,20-17-5-3-2-4-6-17)13-14-7-8-16-12-18-10-9-15(16)11-14;1-3-2/h2-8,11,18H,9-10,12-13H2,1H3;3H2,1-2H3. The molecule has 1 aliphatic rings. The second-order valence-electron chi connectivity index (χ2n) is 6.31. The molecule has 0 fully saturated rings. The quantitative estimate of drug-likeness (QED) is 0.771. The van der Waals surface area contributed by atoms with Crippen molar-refractivity contribution in [1.82, 2.24) is 5.32 Å². The average molecular weight is 345 g/mol. The molecule has 24 heavy (non-hydrogen) atoms. The van der Waals surface area contributed by atoms with Crippen LogP contribution in [0.2, 0.25) is 0 Å². The summed E-state index contributed by atoms with van der Waals surface area (Å²) in [6.07, 6.45) is 2.76. The molecule has 2 aromatic carbocycles. The molecular formula is C20H28NO2P. The summed E-state index contributed by atoms with van der Waals surface area (Å²) >= 11 is 0. The van der Waals surface area contributed by atoms with E-state index >= 15 is 0 Å². The minimum Gasteiger partial charge on any atom is -0.443 e. The molecule has 1 heterocycles. The zero-order valence-electron chi connectivity index (χ0n) is 14.9. The molecule has 1 N–H and O–H groups in total. The first-order chi connectivity index (χ1) is 11.5. The van der Waals surface area contributed by atoms with Gasteiger partial charge in [-0.3, -0.25) is 4.57 Å². The number of para-hydroxylation sites is 1. The van der Waals surface area contributed by atoms with Crippen molar-refractivity contribution in [2.75, 3.05) is 13.2 Å². The van der Waals surface area contributed by atoms with Gasteiger partial charge in [0, 0.05) is 13.2 Å². The molecule has 130 valence electrons. The number of benzene rings is 2. The van der Waals surface area contributed by atoms with E-state index in [1.807, 2.05) is 30.3 Å². The lowest BCUT2D eigenvalue weighted by atomic mass is 9.99. The molecule has 3 nitrogen and oxygen atoms in total. The van der Waals surface area contributed by atoms with Gasteiger partial charge in [-0.25, -0.2) is 0 Å². The molecule has 0 saturated carbocycles. The Morgan fingerprint density at radius 2 is 1.79 bits per heavy atom. The van der Waals surface area contributed by atoms with Gasteiger partial charge in [0.1, 0.15) is 5.75 Å². The largest absolute Gasteiger partial charge is 0.443 e. The highest BCUT2D eigenvalue weighted by Crippen LogP contribution is 2.46. The van der Waals surface area contributed by atoms with E-state index in [1.165, 1.54) is 17.5 Å². The van der Waals surface area contributed by atoms with Crippen LogP contribution in [-0.4, -0.2) is 13.2 Å². The summed E-state index contributed by atoms with van der Waals surface area (Å²) in [5.74, 6) is 0.672. The lowest BCUT2D eigenvalue weighted by Gasteiger charge is -2.19. The molecule has 0 radical (unpaired) electrons. The van der Waals surface area contributed by atoms with Gasteiger partial charge in [-0.1, -0.05) is 56.7 Å². The molecule has 4 heteroatoms. The topological polar surface area (TPSA) is 38.3 Å². The summed E-state index contributed by atoms with van der Waals surface area (Å²) in [6, 6.07) is 15.8. The van der Waals surface area contributed by atoms with E-state index in [9.17, 15) is 4.57 Å². The molecule has 0 amide bonds. The molecule has 1 aliphatic heterocycles. The third-order valence-corrected chi connectivity index (χ3v) is 5.21. The van der Waals surface area contributed by atoms with Gasteiger partial charge < -0.3 is 9.84 Å². The normalized spacial score (nSPS) is 15.5. The van der Waals surface area contributed by atoms with Gasteiger partial charge in [0.25, 0.3) is 0 Å². The molecule has 3 rings (SSSR count). The lowest BCUT2D eigenvalue weighted by molar-refractivity contribution is 0.486. The predicted octanol–water partition coefficient (Wildman–Crippen LogP) is 5.24. The SMILES string of the molecule is CCC.CP(=O)(Cc1ccc2c(c1)CCNC2)Oc1ccccc1. The van der Waals surface area contributed by atoms with Crippen LogP contribution >= 0.6 is 7.37 Å². The van der Waals surface area contributed by atoms with Crippen molar-refractivity contribution < 1.29 is 9.09 Å². The Morgan fingerprint density at radius 3 is 2.50 bits per heavy atom. The Labute approximate surface area is 145 Å². The fraction of sp³-hybridized carbons (Fsp3) is 0.400. The van der Waals surface area contributed by atoms with Gasteiger partial charge in [-0.15, -0.1) is 0 Å². The second-order valence-corrected chi connectivity index (χ2v) is 8.84. The lowest BCUT2D eigenvalue weighted by Crippen LogP contribution is -2.23. The highest BCUT2D eigenvalue weighted by atomic mass is 31.2. The van der Waals surface area contributed by atoms with E-state index in [1.54, 1.807) is 6.66 Å². The molecule has 0 bridgehead atoms. The Bertz CT molecular complexity index is 685. The maximum absolute atomic E-state index is 12.7. The van der Waals surface area contributed by atoms with Gasteiger partial charge in [0.15, 0.2) is 0 Å². The van der Waals surface area contributed by atoms with Crippen molar-refractivity contribution in [3.8, 4) is 5.75 Å². The van der Waals surface area contributed by atoms with Gasteiger partial charge in [-0.05, 0) is 41.8 Å². The van der Waals surface area contributed by atoms with Crippen molar-refractivity contribution in [3.05, 3.63) is 65.2 Å². The minimum absolute atomic E-state index is 0.475. The van der Waals surface area contributed by atoms with Crippen LogP contribution in [0.1, 0.15) is 37.0 Å². The van der Waals surface area contributed by atoms with Crippen LogP contribution in [0.5, 0.6) is 5.75 Å². The Kier molecular flexibility index (Phi) is 7.08. The van der Waals surface area contributed by atoms with E-state index < -0.39 is 7.37 Å². The smallest absolute Gasteiger partial charge is 0.249 e. The fourth-order valence-corrected chi connectivity index (χ4v) is 4.19. The maximum Gasteiger partial charge on any atom is 0.249 e. The molecule has 1 atom stereocenters. The molecule has 2 aromatic rings. The Balaban J connectivity index is 0.000000647. The zero-order chi connectivity index (χ0) is 17.4. The summed E-state index contributed by atoms with van der Waals surface area (Å²) in [5.41, 5.74) is 3.81. The van der Waals surface area contributed by atoms with Crippen LogP contribution in [0.25, 0.3) is 0 Å². The summed E-state index contributed by atoms with van der Waals surface area (Å²) in [4.78, 5) is 0.